The maximum Gasteiger partial charge on any atom is 0.258 e. The Morgan fingerprint density at radius 3 is 2.58 bits per heavy atom. The van der Waals surface area contributed by atoms with E-state index in [-0.39, 0.29) is 5.91 Å². The maximum atomic E-state index is 12.6. The lowest BCUT2D eigenvalue weighted by molar-refractivity contribution is 0.0977. The number of nitrogens with one attached hydrogen (secondary N) is 2. The smallest absolute Gasteiger partial charge is 0.258 e. The van der Waals surface area contributed by atoms with Gasteiger partial charge in [0.15, 0.2) is 5.11 Å². The molecule has 3 rings (SSSR count). The van der Waals surface area contributed by atoms with Crippen LogP contribution in [-0.2, 0) is 0 Å². The molecule has 2 aromatic rings. The number of hydrogen-bond donors (Lipinski definition) is 2. The number of para-hydroxylation sites is 2. The third kappa shape index (κ3) is 4.87. The SMILES string of the molecule is O=C(NC(=S)Nc1ccccc1N1CCCC1)c1cc(I)cc(I)c1Br. The molecule has 2 N–H and O–H groups in total. The molecule has 0 saturated carbocycles. The molecule has 2 aromatic carbocycles. The fraction of sp³-hybridized carbons (Fsp3) is 0.222. The zero-order chi connectivity index (χ0) is 18.7. The Hall–Kier alpha value is -0.460. The third-order valence-corrected chi connectivity index (χ3v) is 7.34. The Kier molecular flexibility index (Phi) is 7.14. The van der Waals surface area contributed by atoms with Crippen LogP contribution < -0.4 is 15.5 Å². The number of anilines is 2. The quantitative estimate of drug-likeness (QED) is 0.265. The van der Waals surface area contributed by atoms with Crippen LogP contribution in [0.3, 0.4) is 0 Å². The lowest BCUT2D eigenvalue weighted by atomic mass is 10.2. The summed E-state index contributed by atoms with van der Waals surface area (Å²) in [5.74, 6) is -0.232. The summed E-state index contributed by atoms with van der Waals surface area (Å²) in [6, 6.07) is 11.9. The molecule has 1 saturated heterocycles. The van der Waals surface area contributed by atoms with E-state index in [9.17, 15) is 4.79 Å². The average molecular weight is 656 g/mol. The van der Waals surface area contributed by atoms with Crippen LogP contribution in [-0.4, -0.2) is 24.1 Å². The van der Waals surface area contributed by atoms with Crippen LogP contribution in [0.2, 0.25) is 0 Å². The van der Waals surface area contributed by atoms with Crippen molar-refractivity contribution in [2.75, 3.05) is 23.3 Å². The minimum absolute atomic E-state index is 0.232. The molecule has 1 aliphatic heterocycles. The van der Waals surface area contributed by atoms with Crippen molar-refractivity contribution in [3.8, 4) is 0 Å². The second-order valence-corrected chi connectivity index (χ2v) is 9.48. The van der Waals surface area contributed by atoms with E-state index in [1.165, 1.54) is 12.8 Å². The topological polar surface area (TPSA) is 44.4 Å². The van der Waals surface area contributed by atoms with Gasteiger partial charge in [-0.25, -0.2) is 0 Å². The number of thiocarbonyl (C=S) groups is 1. The lowest BCUT2D eigenvalue weighted by Gasteiger charge is -2.22. The summed E-state index contributed by atoms with van der Waals surface area (Å²) in [5.41, 5.74) is 2.60. The van der Waals surface area contributed by atoms with Crippen LogP contribution in [0.15, 0.2) is 40.9 Å². The van der Waals surface area contributed by atoms with E-state index in [0.717, 1.165) is 36.1 Å². The first-order valence-electron chi connectivity index (χ1n) is 8.06. The normalized spacial score (nSPS) is 13.6. The second-order valence-electron chi connectivity index (χ2n) is 5.87. The fourth-order valence-electron chi connectivity index (χ4n) is 2.86. The summed E-state index contributed by atoms with van der Waals surface area (Å²) in [6.45, 7) is 2.09. The van der Waals surface area contributed by atoms with Gasteiger partial charge in [-0.05, 0) is 110 Å². The molecule has 0 spiro atoms. The minimum Gasteiger partial charge on any atom is -0.370 e. The molecular weight excluding hydrogens is 640 g/mol. The van der Waals surface area contributed by atoms with Gasteiger partial charge in [0.2, 0.25) is 0 Å². The molecule has 0 aliphatic carbocycles. The van der Waals surface area contributed by atoms with Crippen molar-refractivity contribution in [3.05, 3.63) is 53.6 Å². The summed E-state index contributed by atoms with van der Waals surface area (Å²) in [4.78, 5) is 15.0. The van der Waals surface area contributed by atoms with Gasteiger partial charge >= 0.3 is 0 Å². The molecule has 0 atom stereocenters. The first-order valence-corrected chi connectivity index (χ1v) is 11.4. The molecule has 0 unspecified atom stereocenters. The van der Waals surface area contributed by atoms with E-state index in [1.807, 2.05) is 30.3 Å². The lowest BCUT2D eigenvalue weighted by Crippen LogP contribution is -2.35. The summed E-state index contributed by atoms with van der Waals surface area (Å²) >= 11 is 13.3. The number of hydrogen-bond acceptors (Lipinski definition) is 3. The average Bonchev–Trinajstić information content (AvgIpc) is 3.12. The van der Waals surface area contributed by atoms with Crippen LogP contribution in [0.5, 0.6) is 0 Å². The van der Waals surface area contributed by atoms with Gasteiger partial charge in [0.25, 0.3) is 5.91 Å². The van der Waals surface area contributed by atoms with Gasteiger partial charge in [-0.15, -0.1) is 0 Å². The Labute approximate surface area is 193 Å². The molecule has 1 heterocycles. The number of benzene rings is 2. The summed E-state index contributed by atoms with van der Waals surface area (Å²) in [6.07, 6.45) is 2.41. The Morgan fingerprint density at radius 2 is 1.85 bits per heavy atom. The van der Waals surface area contributed by atoms with Gasteiger partial charge in [0.1, 0.15) is 0 Å². The van der Waals surface area contributed by atoms with Gasteiger partial charge in [-0.1, -0.05) is 12.1 Å². The highest BCUT2D eigenvalue weighted by atomic mass is 127. The number of amides is 1. The van der Waals surface area contributed by atoms with Gasteiger partial charge in [0.05, 0.1) is 16.9 Å². The van der Waals surface area contributed by atoms with E-state index in [2.05, 4.69) is 82.7 Å². The van der Waals surface area contributed by atoms with Crippen molar-refractivity contribution in [2.45, 2.75) is 12.8 Å². The van der Waals surface area contributed by atoms with Crippen molar-refractivity contribution in [1.29, 1.82) is 0 Å². The molecule has 0 bridgehead atoms. The monoisotopic (exact) mass is 655 g/mol. The predicted molar refractivity (Wildman–Crippen MR) is 131 cm³/mol. The highest BCUT2D eigenvalue weighted by molar-refractivity contribution is 14.1. The van der Waals surface area contributed by atoms with Gasteiger partial charge in [0, 0.05) is 24.7 Å². The Balaban J connectivity index is 1.73. The predicted octanol–water partition coefficient (Wildman–Crippen LogP) is 5.39. The number of carbonyl (C=O) groups is 1. The van der Waals surface area contributed by atoms with Crippen LogP contribution in [0.1, 0.15) is 23.2 Å². The van der Waals surface area contributed by atoms with Crippen LogP contribution in [0, 0.1) is 7.14 Å². The Bertz CT molecular complexity index is 856. The number of rotatable bonds is 3. The second kappa shape index (κ2) is 9.16. The van der Waals surface area contributed by atoms with Crippen molar-refractivity contribution in [3.63, 3.8) is 0 Å². The molecule has 1 amide bonds. The molecule has 0 radical (unpaired) electrons. The van der Waals surface area contributed by atoms with E-state index in [0.29, 0.717) is 10.7 Å². The molecule has 1 aliphatic rings. The van der Waals surface area contributed by atoms with Gasteiger partial charge in [-0.3, -0.25) is 10.1 Å². The molecular formula is C18H16BrI2N3OS. The fourth-order valence-corrected chi connectivity index (χ4v) is 5.31. The zero-order valence-corrected chi connectivity index (χ0v) is 20.4. The summed E-state index contributed by atoms with van der Waals surface area (Å²) in [5, 5.41) is 6.25. The van der Waals surface area contributed by atoms with E-state index in [1.54, 1.807) is 0 Å². The molecule has 0 aromatic heterocycles. The van der Waals surface area contributed by atoms with Gasteiger partial charge in [-0.2, -0.15) is 0 Å². The first-order chi connectivity index (χ1) is 12.5. The van der Waals surface area contributed by atoms with E-state index < -0.39 is 0 Å². The van der Waals surface area contributed by atoms with Crippen molar-refractivity contribution in [2.24, 2.45) is 0 Å². The standard InChI is InChI=1S/C18H16BrI2N3OS/c19-16-12(9-11(20)10-13(16)21)17(25)23-18(26)22-14-5-1-2-6-15(14)24-7-3-4-8-24/h1-2,5-6,9-10H,3-4,7-8H2,(H2,22,23,25,26). The summed E-state index contributed by atoms with van der Waals surface area (Å²) < 4.78 is 2.76. The van der Waals surface area contributed by atoms with E-state index >= 15 is 0 Å². The summed E-state index contributed by atoms with van der Waals surface area (Å²) in [7, 11) is 0. The highest BCUT2D eigenvalue weighted by Crippen LogP contribution is 2.29. The van der Waals surface area contributed by atoms with Crippen molar-refractivity contribution < 1.29 is 4.79 Å². The molecule has 26 heavy (non-hydrogen) atoms. The molecule has 4 nitrogen and oxygen atoms in total. The third-order valence-electron chi connectivity index (χ3n) is 4.06. The van der Waals surface area contributed by atoms with Crippen LogP contribution >= 0.6 is 73.3 Å². The maximum absolute atomic E-state index is 12.6. The molecule has 136 valence electrons. The van der Waals surface area contributed by atoms with Crippen LogP contribution in [0.25, 0.3) is 0 Å². The van der Waals surface area contributed by atoms with Crippen LogP contribution in [0.4, 0.5) is 11.4 Å². The number of halogens is 3. The largest absolute Gasteiger partial charge is 0.370 e. The van der Waals surface area contributed by atoms with Crippen molar-refractivity contribution >= 4 is 95.7 Å². The first kappa shape index (κ1) is 20.3. The minimum atomic E-state index is -0.232. The Morgan fingerprint density at radius 1 is 1.15 bits per heavy atom. The zero-order valence-electron chi connectivity index (χ0n) is 13.7. The number of nitrogens with zero attached hydrogens (tertiary/aromatic N) is 1. The van der Waals surface area contributed by atoms with E-state index in [4.69, 9.17) is 12.2 Å². The van der Waals surface area contributed by atoms with Gasteiger partial charge < -0.3 is 10.2 Å². The van der Waals surface area contributed by atoms with Crippen molar-refractivity contribution in [1.82, 2.24) is 5.32 Å². The molecule has 8 heteroatoms. The number of carbonyl (C=O) groups excluding carboxylic acids is 1. The highest BCUT2D eigenvalue weighted by Gasteiger charge is 2.18. The molecule has 1 fully saturated rings.